The van der Waals surface area contributed by atoms with E-state index >= 15 is 0 Å². The highest BCUT2D eigenvalue weighted by Crippen LogP contribution is 2.26. The van der Waals surface area contributed by atoms with Crippen LogP contribution in [-0.4, -0.2) is 22.9 Å². The van der Waals surface area contributed by atoms with Crippen LogP contribution in [0.1, 0.15) is 0 Å². The molecule has 0 aliphatic rings. The molecule has 0 aliphatic carbocycles. The first kappa shape index (κ1) is 11.3. The Kier molecular flexibility index (Phi) is 2.87. The number of aromatic hydroxyl groups is 1. The lowest BCUT2D eigenvalue weighted by atomic mass is 10.4. The maximum Gasteiger partial charge on any atom is 0.422 e. The summed E-state index contributed by atoms with van der Waals surface area (Å²) in [6.07, 6.45) is -4.60. The minimum atomic E-state index is -4.60. The van der Waals surface area contributed by atoms with E-state index in [0.717, 1.165) is 0 Å². The average Bonchev–Trinajstić information content (AvgIpc) is 2.07. The average molecular weight is 226 g/mol. The summed E-state index contributed by atoms with van der Waals surface area (Å²) in [5, 5.41) is 8.83. The first-order valence-corrected chi connectivity index (χ1v) is 3.64. The fourth-order valence-electron chi connectivity index (χ4n) is 0.776. The van der Waals surface area contributed by atoms with Gasteiger partial charge < -0.3 is 15.6 Å². The molecule has 4 nitrogen and oxygen atoms in total. The molecule has 1 aromatic heterocycles. The SMILES string of the molecule is Nc1nc(O)cc(OCC(F)(F)F)c1F. The van der Waals surface area contributed by atoms with Gasteiger partial charge in [-0.3, -0.25) is 0 Å². The second kappa shape index (κ2) is 3.79. The third-order valence-corrected chi connectivity index (χ3v) is 1.33. The highest BCUT2D eigenvalue weighted by molar-refractivity contribution is 5.42. The molecule has 1 aromatic rings. The molecule has 0 fully saturated rings. The van der Waals surface area contributed by atoms with Crippen LogP contribution in [0.3, 0.4) is 0 Å². The molecule has 0 amide bonds. The number of hydrogen-bond donors (Lipinski definition) is 2. The van der Waals surface area contributed by atoms with E-state index < -0.39 is 36.0 Å². The summed E-state index contributed by atoms with van der Waals surface area (Å²) in [7, 11) is 0. The molecule has 0 aliphatic heterocycles. The molecule has 8 heteroatoms. The summed E-state index contributed by atoms with van der Waals surface area (Å²) in [6.45, 7) is -1.67. The fraction of sp³-hybridized carbons (Fsp3) is 0.286. The van der Waals surface area contributed by atoms with Gasteiger partial charge in [-0.05, 0) is 0 Å². The maximum atomic E-state index is 13.0. The maximum absolute atomic E-state index is 13.0. The van der Waals surface area contributed by atoms with Crippen LogP contribution in [0.15, 0.2) is 6.07 Å². The van der Waals surface area contributed by atoms with Crippen molar-refractivity contribution in [3.05, 3.63) is 11.9 Å². The zero-order valence-electron chi connectivity index (χ0n) is 7.18. The summed E-state index contributed by atoms with van der Waals surface area (Å²) in [5.74, 6) is -3.48. The molecule has 1 rings (SSSR count). The number of rotatable bonds is 2. The lowest BCUT2D eigenvalue weighted by molar-refractivity contribution is -0.153. The van der Waals surface area contributed by atoms with Crippen LogP contribution in [0.2, 0.25) is 0 Å². The number of hydrogen-bond acceptors (Lipinski definition) is 4. The number of aromatic nitrogens is 1. The number of ether oxygens (including phenoxy) is 1. The van der Waals surface area contributed by atoms with Gasteiger partial charge in [0.05, 0.1) is 0 Å². The third-order valence-electron chi connectivity index (χ3n) is 1.33. The van der Waals surface area contributed by atoms with Crippen molar-refractivity contribution in [3.8, 4) is 11.6 Å². The van der Waals surface area contributed by atoms with Gasteiger partial charge in [-0.15, -0.1) is 0 Å². The first-order valence-electron chi connectivity index (χ1n) is 3.64. The van der Waals surface area contributed by atoms with Crippen molar-refractivity contribution in [2.45, 2.75) is 6.18 Å². The molecule has 0 saturated carbocycles. The number of pyridine rings is 1. The lowest BCUT2D eigenvalue weighted by Crippen LogP contribution is -2.20. The number of alkyl halides is 3. The quantitative estimate of drug-likeness (QED) is 0.749. The van der Waals surface area contributed by atoms with Gasteiger partial charge in [0.2, 0.25) is 11.7 Å². The third kappa shape index (κ3) is 3.15. The van der Waals surface area contributed by atoms with Crippen molar-refractivity contribution in [2.75, 3.05) is 12.3 Å². The molecule has 0 bridgehead atoms. The van der Waals surface area contributed by atoms with Crippen LogP contribution < -0.4 is 10.5 Å². The summed E-state index contributed by atoms with van der Waals surface area (Å²) in [4.78, 5) is 3.08. The normalized spacial score (nSPS) is 11.5. The van der Waals surface area contributed by atoms with Gasteiger partial charge in [0, 0.05) is 6.07 Å². The van der Waals surface area contributed by atoms with Gasteiger partial charge in [-0.2, -0.15) is 22.5 Å². The Morgan fingerprint density at radius 3 is 2.60 bits per heavy atom. The van der Waals surface area contributed by atoms with Crippen LogP contribution in [0, 0.1) is 5.82 Å². The van der Waals surface area contributed by atoms with Gasteiger partial charge in [0.1, 0.15) is 0 Å². The van der Waals surface area contributed by atoms with E-state index in [1.54, 1.807) is 0 Å². The van der Waals surface area contributed by atoms with Crippen LogP contribution >= 0.6 is 0 Å². The van der Waals surface area contributed by atoms with E-state index in [1.807, 2.05) is 0 Å². The van der Waals surface area contributed by atoms with E-state index in [0.29, 0.717) is 6.07 Å². The molecule has 0 unspecified atom stereocenters. The highest BCUT2D eigenvalue weighted by Gasteiger charge is 2.29. The topological polar surface area (TPSA) is 68.4 Å². The first-order chi connectivity index (χ1) is 6.79. The van der Waals surface area contributed by atoms with Crippen LogP contribution in [0.25, 0.3) is 0 Å². The zero-order valence-corrected chi connectivity index (χ0v) is 7.18. The predicted octanol–water partition coefficient (Wildman–Crippen LogP) is 1.45. The molecule has 0 aromatic carbocycles. The molecule has 3 N–H and O–H groups in total. The predicted molar refractivity (Wildman–Crippen MR) is 41.8 cm³/mol. The molecule has 0 radical (unpaired) electrons. The van der Waals surface area contributed by atoms with Gasteiger partial charge in [-0.25, -0.2) is 0 Å². The van der Waals surface area contributed by atoms with E-state index in [-0.39, 0.29) is 0 Å². The van der Waals surface area contributed by atoms with Crippen molar-refractivity contribution < 1.29 is 27.4 Å². The molecular formula is C7H6F4N2O2. The Morgan fingerprint density at radius 1 is 1.47 bits per heavy atom. The second-order valence-electron chi connectivity index (χ2n) is 2.58. The lowest BCUT2D eigenvalue weighted by Gasteiger charge is -2.10. The zero-order chi connectivity index (χ0) is 11.6. The summed E-state index contributed by atoms with van der Waals surface area (Å²) in [5.41, 5.74) is 4.95. The van der Waals surface area contributed by atoms with Crippen molar-refractivity contribution >= 4 is 5.82 Å². The summed E-state index contributed by atoms with van der Waals surface area (Å²) < 4.78 is 52.2. The Morgan fingerprint density at radius 2 is 2.07 bits per heavy atom. The molecule has 0 spiro atoms. The van der Waals surface area contributed by atoms with Gasteiger partial charge >= 0.3 is 6.18 Å². The number of nitrogens with two attached hydrogens (primary N) is 1. The minimum absolute atomic E-state index is 0.609. The van der Waals surface area contributed by atoms with Crippen molar-refractivity contribution in [1.29, 1.82) is 0 Å². The van der Waals surface area contributed by atoms with E-state index in [9.17, 15) is 17.6 Å². The smallest absolute Gasteiger partial charge is 0.422 e. The largest absolute Gasteiger partial charge is 0.493 e. The number of halogens is 4. The summed E-state index contributed by atoms with van der Waals surface area (Å²) >= 11 is 0. The monoisotopic (exact) mass is 226 g/mol. The van der Waals surface area contributed by atoms with Gasteiger partial charge in [0.25, 0.3) is 0 Å². The molecule has 0 atom stereocenters. The van der Waals surface area contributed by atoms with Crippen LogP contribution in [-0.2, 0) is 0 Å². The Hall–Kier alpha value is -1.73. The molecule has 84 valence electrons. The van der Waals surface area contributed by atoms with E-state index in [1.165, 1.54) is 0 Å². The van der Waals surface area contributed by atoms with Gasteiger partial charge in [-0.1, -0.05) is 0 Å². The number of nitrogen functional groups attached to an aromatic ring is 1. The number of nitrogens with zero attached hydrogens (tertiary/aromatic N) is 1. The van der Waals surface area contributed by atoms with Crippen LogP contribution in [0.4, 0.5) is 23.4 Å². The summed E-state index contributed by atoms with van der Waals surface area (Å²) in [6, 6.07) is 0.609. The van der Waals surface area contributed by atoms with Crippen molar-refractivity contribution in [1.82, 2.24) is 4.98 Å². The van der Waals surface area contributed by atoms with E-state index in [2.05, 4.69) is 9.72 Å². The highest BCUT2D eigenvalue weighted by atomic mass is 19.4. The standard InChI is InChI=1S/C7H6F4N2O2/c8-5-3(15-2-7(9,10)11)1-4(14)13-6(5)12/h1H,2H2,(H3,12,13,14). The van der Waals surface area contributed by atoms with Gasteiger partial charge in [0.15, 0.2) is 18.2 Å². The van der Waals surface area contributed by atoms with Crippen molar-refractivity contribution in [3.63, 3.8) is 0 Å². The fourth-order valence-corrected chi connectivity index (χ4v) is 0.776. The van der Waals surface area contributed by atoms with Crippen LogP contribution in [0.5, 0.6) is 11.6 Å². The van der Waals surface area contributed by atoms with Crippen molar-refractivity contribution in [2.24, 2.45) is 0 Å². The molecule has 1 heterocycles. The minimum Gasteiger partial charge on any atom is -0.493 e. The molecule has 0 saturated heterocycles. The Bertz CT molecular complexity index is 367. The Labute approximate surface area is 81.3 Å². The molecular weight excluding hydrogens is 220 g/mol. The number of anilines is 1. The second-order valence-corrected chi connectivity index (χ2v) is 2.58. The molecule has 15 heavy (non-hydrogen) atoms. The van der Waals surface area contributed by atoms with E-state index in [4.69, 9.17) is 10.8 Å². The Balaban J connectivity index is 2.86.